The fourth-order valence-electron chi connectivity index (χ4n) is 3.44. The maximum atomic E-state index is 6.42. The summed E-state index contributed by atoms with van der Waals surface area (Å²) in [5, 5.41) is 0. The Morgan fingerprint density at radius 3 is 3.00 bits per heavy atom. The molecule has 0 spiro atoms. The second-order valence-corrected chi connectivity index (χ2v) is 5.83. The van der Waals surface area contributed by atoms with E-state index in [9.17, 15) is 0 Å². The number of hydrogen-bond donors (Lipinski definition) is 1. The molecule has 0 radical (unpaired) electrons. The number of nitrogens with zero attached hydrogens (tertiary/aromatic N) is 1. The molecular weight excluding hydrogens is 264 g/mol. The van der Waals surface area contributed by atoms with E-state index in [-0.39, 0.29) is 6.04 Å². The van der Waals surface area contributed by atoms with E-state index in [1.165, 1.54) is 35.0 Å². The van der Waals surface area contributed by atoms with Gasteiger partial charge in [0, 0.05) is 23.6 Å². The Morgan fingerprint density at radius 1 is 1.38 bits per heavy atom. The van der Waals surface area contributed by atoms with Gasteiger partial charge in [-0.15, -0.1) is 0 Å². The largest absolute Gasteiger partial charge is 0.370 e. The summed E-state index contributed by atoms with van der Waals surface area (Å²) in [4.78, 5) is 2.43. The van der Waals surface area contributed by atoms with Gasteiger partial charge in [-0.05, 0) is 46.3 Å². The molecule has 0 saturated heterocycles. The lowest BCUT2D eigenvalue weighted by Gasteiger charge is -2.42. The number of hydrogen-bond acceptors (Lipinski definition) is 2. The lowest BCUT2D eigenvalue weighted by atomic mass is 9.84. The number of halogens is 1. The van der Waals surface area contributed by atoms with Crippen molar-refractivity contribution in [1.29, 1.82) is 0 Å². The third-order valence-electron chi connectivity index (χ3n) is 4.22. The highest BCUT2D eigenvalue weighted by atomic mass is 79.9. The van der Waals surface area contributed by atoms with E-state index < -0.39 is 0 Å². The van der Waals surface area contributed by atoms with E-state index in [0.717, 1.165) is 0 Å². The van der Waals surface area contributed by atoms with Crippen LogP contribution in [-0.2, 0) is 0 Å². The molecule has 1 heterocycles. The number of fused-ring (bicyclic) bond motifs is 2. The Bertz CT molecular complexity index is 418. The summed E-state index contributed by atoms with van der Waals surface area (Å²) in [5.41, 5.74) is 9.02. The van der Waals surface area contributed by atoms with E-state index in [0.29, 0.717) is 12.0 Å². The van der Waals surface area contributed by atoms with Crippen molar-refractivity contribution in [3.8, 4) is 0 Å². The van der Waals surface area contributed by atoms with Gasteiger partial charge in [-0.2, -0.15) is 0 Å². The molecule has 2 N–H and O–H groups in total. The second-order valence-electron chi connectivity index (χ2n) is 4.98. The molecule has 2 nitrogen and oxygen atoms in total. The highest BCUT2D eigenvalue weighted by Crippen LogP contribution is 2.48. The van der Waals surface area contributed by atoms with Gasteiger partial charge in [0.2, 0.25) is 0 Å². The van der Waals surface area contributed by atoms with Gasteiger partial charge in [0.25, 0.3) is 0 Å². The highest BCUT2D eigenvalue weighted by molar-refractivity contribution is 9.10. The molecule has 1 aliphatic carbocycles. The summed E-state index contributed by atoms with van der Waals surface area (Å²) in [6.07, 6.45) is 3.89. The summed E-state index contributed by atoms with van der Waals surface area (Å²) < 4.78 is 1.17. The van der Waals surface area contributed by atoms with Crippen LogP contribution in [0.15, 0.2) is 22.7 Å². The van der Waals surface area contributed by atoms with Gasteiger partial charge in [-0.1, -0.05) is 18.6 Å². The first kappa shape index (κ1) is 10.6. The minimum atomic E-state index is 0.219. The monoisotopic (exact) mass is 280 g/mol. The summed E-state index contributed by atoms with van der Waals surface area (Å²) in [6.45, 7) is 0. The highest BCUT2D eigenvalue weighted by Gasteiger charge is 2.41. The minimum Gasteiger partial charge on any atom is -0.370 e. The molecule has 16 heavy (non-hydrogen) atoms. The van der Waals surface area contributed by atoms with Crippen molar-refractivity contribution in [3.05, 3.63) is 28.2 Å². The average Bonchev–Trinajstić information content (AvgIpc) is 2.75. The van der Waals surface area contributed by atoms with E-state index in [1.54, 1.807) is 0 Å². The van der Waals surface area contributed by atoms with E-state index in [4.69, 9.17) is 5.73 Å². The minimum absolute atomic E-state index is 0.219. The zero-order valence-electron chi connectivity index (χ0n) is 9.49. The van der Waals surface area contributed by atoms with Crippen LogP contribution in [0.2, 0.25) is 0 Å². The van der Waals surface area contributed by atoms with Crippen LogP contribution in [0.25, 0.3) is 0 Å². The van der Waals surface area contributed by atoms with Gasteiger partial charge in [0.05, 0.1) is 5.69 Å². The van der Waals surface area contributed by atoms with Crippen LogP contribution in [0.5, 0.6) is 0 Å². The summed E-state index contributed by atoms with van der Waals surface area (Å²) >= 11 is 3.65. The Morgan fingerprint density at radius 2 is 2.19 bits per heavy atom. The van der Waals surface area contributed by atoms with Crippen molar-refractivity contribution in [2.75, 3.05) is 11.9 Å². The maximum absolute atomic E-state index is 6.42. The first-order valence-electron chi connectivity index (χ1n) is 5.97. The predicted molar refractivity (Wildman–Crippen MR) is 70.6 cm³/mol. The maximum Gasteiger partial charge on any atom is 0.0559 e. The van der Waals surface area contributed by atoms with Crippen LogP contribution in [0.4, 0.5) is 5.69 Å². The van der Waals surface area contributed by atoms with Crippen molar-refractivity contribution < 1.29 is 0 Å². The average molecular weight is 281 g/mol. The first-order chi connectivity index (χ1) is 7.70. The molecule has 3 unspecified atom stereocenters. The van der Waals surface area contributed by atoms with Gasteiger partial charge in [0.1, 0.15) is 0 Å². The molecule has 2 aliphatic rings. The SMILES string of the molecule is CN1c2c(Br)cccc2C(N)C2CCCC21. The molecule has 1 saturated carbocycles. The molecule has 3 atom stereocenters. The van der Waals surface area contributed by atoms with E-state index in [2.05, 4.69) is 46.1 Å². The van der Waals surface area contributed by atoms with Gasteiger partial charge in [-0.25, -0.2) is 0 Å². The first-order valence-corrected chi connectivity index (χ1v) is 6.76. The summed E-state index contributed by atoms with van der Waals surface area (Å²) in [7, 11) is 2.21. The van der Waals surface area contributed by atoms with Crippen LogP contribution >= 0.6 is 15.9 Å². The number of para-hydroxylation sites is 1. The normalized spacial score (nSPS) is 32.4. The molecule has 1 fully saturated rings. The lowest BCUT2D eigenvalue weighted by Crippen LogP contribution is -2.44. The van der Waals surface area contributed by atoms with E-state index >= 15 is 0 Å². The van der Waals surface area contributed by atoms with Crippen LogP contribution in [0.3, 0.4) is 0 Å². The fraction of sp³-hybridized carbons (Fsp3) is 0.538. The smallest absolute Gasteiger partial charge is 0.0559 e. The van der Waals surface area contributed by atoms with Crippen molar-refractivity contribution in [2.24, 2.45) is 11.7 Å². The van der Waals surface area contributed by atoms with Crippen LogP contribution in [0, 0.1) is 5.92 Å². The van der Waals surface area contributed by atoms with Gasteiger partial charge in [0.15, 0.2) is 0 Å². The Labute approximate surface area is 105 Å². The summed E-state index contributed by atoms with van der Waals surface area (Å²) in [6, 6.07) is 7.23. The number of benzene rings is 1. The number of anilines is 1. The Balaban J connectivity index is 2.15. The van der Waals surface area contributed by atoms with Crippen molar-refractivity contribution in [2.45, 2.75) is 31.3 Å². The molecule has 1 aromatic rings. The van der Waals surface area contributed by atoms with Crippen molar-refractivity contribution >= 4 is 21.6 Å². The van der Waals surface area contributed by atoms with Crippen LogP contribution < -0.4 is 10.6 Å². The summed E-state index contributed by atoms with van der Waals surface area (Å²) in [5.74, 6) is 0.645. The molecule has 0 bridgehead atoms. The van der Waals surface area contributed by atoms with Crippen LogP contribution in [-0.4, -0.2) is 13.1 Å². The molecule has 0 amide bonds. The van der Waals surface area contributed by atoms with Crippen LogP contribution in [0.1, 0.15) is 30.9 Å². The van der Waals surface area contributed by atoms with Gasteiger partial charge >= 0.3 is 0 Å². The quantitative estimate of drug-likeness (QED) is 0.792. The van der Waals surface area contributed by atoms with Crippen molar-refractivity contribution in [3.63, 3.8) is 0 Å². The molecule has 3 rings (SSSR count). The Kier molecular flexibility index (Phi) is 2.48. The molecule has 1 aliphatic heterocycles. The molecule has 86 valence electrons. The predicted octanol–water partition coefficient (Wildman–Crippen LogP) is 3.07. The van der Waals surface area contributed by atoms with Gasteiger partial charge < -0.3 is 10.6 Å². The zero-order chi connectivity index (χ0) is 11.3. The zero-order valence-corrected chi connectivity index (χ0v) is 11.1. The van der Waals surface area contributed by atoms with Crippen molar-refractivity contribution in [1.82, 2.24) is 0 Å². The number of nitrogens with two attached hydrogens (primary N) is 1. The lowest BCUT2D eigenvalue weighted by molar-refractivity contribution is 0.369. The Hall–Kier alpha value is -0.540. The fourth-order valence-corrected chi connectivity index (χ4v) is 4.10. The van der Waals surface area contributed by atoms with E-state index in [1.807, 2.05) is 0 Å². The molecule has 1 aromatic carbocycles. The molecule has 3 heteroatoms. The second kappa shape index (κ2) is 3.74. The van der Waals surface area contributed by atoms with Gasteiger partial charge in [-0.3, -0.25) is 0 Å². The molecule has 0 aromatic heterocycles. The topological polar surface area (TPSA) is 29.3 Å². The molecular formula is C13H17BrN2. The standard InChI is InChI=1S/C13H17BrN2/c1-16-11-7-3-4-8(11)12(15)9-5-2-6-10(14)13(9)16/h2,5-6,8,11-12H,3-4,7,15H2,1H3. The third-order valence-corrected chi connectivity index (χ3v) is 4.86. The third kappa shape index (κ3) is 1.34. The number of rotatable bonds is 0.